The maximum absolute atomic E-state index is 10.4. The fourth-order valence-corrected chi connectivity index (χ4v) is 0.568. The van der Waals surface area contributed by atoms with E-state index in [1.165, 1.54) is 0 Å². The summed E-state index contributed by atoms with van der Waals surface area (Å²) in [6, 6.07) is 0. The number of unbranched alkanes of at least 4 members (excludes halogenated alkanes) is 2. The van der Waals surface area contributed by atoms with Gasteiger partial charge in [-0.2, -0.15) is 0 Å². The highest BCUT2D eigenvalue weighted by molar-refractivity contribution is 5.67. The molecule has 0 bridgehead atoms. The molecule has 3 nitrogen and oxygen atoms in total. The first-order valence-electron chi connectivity index (χ1n) is 3.51. The van der Waals surface area contributed by atoms with Crippen molar-refractivity contribution in [1.82, 2.24) is 5.32 Å². The van der Waals surface area contributed by atoms with Crippen LogP contribution in [0.4, 0.5) is 4.79 Å². The summed E-state index contributed by atoms with van der Waals surface area (Å²) < 4.78 is 4.68. The third-order valence-electron chi connectivity index (χ3n) is 1.13. The molecule has 1 amide bonds. The fraction of sp³-hybridized carbons (Fsp3) is 0.714. The summed E-state index contributed by atoms with van der Waals surface area (Å²) >= 11 is 0. The average molecular weight is 144 g/mol. The van der Waals surface area contributed by atoms with E-state index >= 15 is 0 Å². The van der Waals surface area contributed by atoms with E-state index in [1.807, 2.05) is 0 Å². The molecule has 59 valence electrons. The molecule has 0 saturated heterocycles. The second-order valence-corrected chi connectivity index (χ2v) is 2.02. The van der Waals surface area contributed by atoms with E-state index in [4.69, 9.17) is 0 Å². The van der Waals surface area contributed by atoms with E-state index in [2.05, 4.69) is 24.0 Å². The van der Waals surface area contributed by atoms with Crippen LogP contribution in [-0.2, 0) is 4.74 Å². The summed E-state index contributed by atoms with van der Waals surface area (Å²) in [5, 5.41) is 2.13. The summed E-state index contributed by atoms with van der Waals surface area (Å²) in [5.41, 5.74) is 0. The molecular formula is C7H14NO2. The molecule has 1 N–H and O–H groups in total. The SMILES string of the molecule is [CH2]NC(=O)OCCCCC. The molecule has 0 aromatic rings. The number of amides is 1. The molecule has 1 radical (unpaired) electrons. The molecule has 0 aliphatic heterocycles. The lowest BCUT2D eigenvalue weighted by Crippen LogP contribution is -2.17. The number of hydrogen-bond acceptors (Lipinski definition) is 2. The highest BCUT2D eigenvalue weighted by Crippen LogP contribution is 1.93. The van der Waals surface area contributed by atoms with Crippen LogP contribution in [0.25, 0.3) is 0 Å². The average Bonchev–Trinajstić information content (AvgIpc) is 1.98. The zero-order valence-electron chi connectivity index (χ0n) is 6.35. The number of rotatable bonds is 4. The first-order valence-corrected chi connectivity index (χ1v) is 3.51. The molecule has 0 fully saturated rings. The Morgan fingerprint density at radius 1 is 1.60 bits per heavy atom. The van der Waals surface area contributed by atoms with Gasteiger partial charge in [-0.25, -0.2) is 4.79 Å². The van der Waals surface area contributed by atoms with Crippen molar-refractivity contribution in [1.29, 1.82) is 0 Å². The molecule has 0 aliphatic rings. The molecule has 0 heterocycles. The Hall–Kier alpha value is -0.730. The Balaban J connectivity index is 2.96. The standard InChI is InChI=1S/C7H14NO2/c1-3-4-5-6-10-7(9)8-2/h2-6H2,1H3,(H,8,9). The first-order chi connectivity index (χ1) is 4.81. The maximum Gasteiger partial charge on any atom is 0.407 e. The lowest BCUT2D eigenvalue weighted by Gasteiger charge is -2.01. The van der Waals surface area contributed by atoms with Gasteiger partial charge in [-0.3, -0.25) is 0 Å². The van der Waals surface area contributed by atoms with Gasteiger partial charge >= 0.3 is 6.09 Å². The molecular weight excluding hydrogens is 130 g/mol. The van der Waals surface area contributed by atoms with E-state index in [1.54, 1.807) is 0 Å². The Labute approximate surface area is 61.8 Å². The van der Waals surface area contributed by atoms with Gasteiger partial charge in [0.05, 0.1) is 6.61 Å². The molecule has 0 atom stereocenters. The van der Waals surface area contributed by atoms with Crippen molar-refractivity contribution in [2.45, 2.75) is 26.2 Å². The number of nitrogens with one attached hydrogen (secondary N) is 1. The van der Waals surface area contributed by atoms with Gasteiger partial charge in [0.15, 0.2) is 0 Å². The Kier molecular flexibility index (Phi) is 5.92. The van der Waals surface area contributed by atoms with Gasteiger partial charge in [-0.15, -0.1) is 0 Å². The van der Waals surface area contributed by atoms with Crippen LogP contribution in [0.1, 0.15) is 26.2 Å². The smallest absolute Gasteiger partial charge is 0.407 e. The van der Waals surface area contributed by atoms with Crippen molar-refractivity contribution >= 4 is 6.09 Å². The predicted molar refractivity (Wildman–Crippen MR) is 39.4 cm³/mol. The Morgan fingerprint density at radius 3 is 2.80 bits per heavy atom. The number of alkyl carbamates (subject to hydrolysis) is 1. The molecule has 10 heavy (non-hydrogen) atoms. The monoisotopic (exact) mass is 144 g/mol. The van der Waals surface area contributed by atoms with Crippen molar-refractivity contribution in [2.75, 3.05) is 6.61 Å². The molecule has 0 aromatic heterocycles. The minimum atomic E-state index is -0.448. The van der Waals surface area contributed by atoms with Gasteiger partial charge in [0.2, 0.25) is 0 Å². The van der Waals surface area contributed by atoms with E-state index in [-0.39, 0.29) is 0 Å². The summed E-state index contributed by atoms with van der Waals surface area (Å²) in [6.45, 7) is 2.59. The number of carbonyl (C=O) groups is 1. The van der Waals surface area contributed by atoms with Gasteiger partial charge in [0, 0.05) is 7.05 Å². The topological polar surface area (TPSA) is 38.3 Å². The van der Waals surface area contributed by atoms with Crippen molar-refractivity contribution in [3.63, 3.8) is 0 Å². The maximum atomic E-state index is 10.4. The van der Waals surface area contributed by atoms with E-state index < -0.39 is 6.09 Å². The van der Waals surface area contributed by atoms with Crippen molar-refractivity contribution < 1.29 is 9.53 Å². The number of hydrogen-bond donors (Lipinski definition) is 1. The highest BCUT2D eigenvalue weighted by atomic mass is 16.5. The molecule has 3 heteroatoms. The molecule has 0 aliphatic carbocycles. The van der Waals surface area contributed by atoms with Gasteiger partial charge in [0.25, 0.3) is 0 Å². The van der Waals surface area contributed by atoms with Crippen molar-refractivity contribution in [2.24, 2.45) is 0 Å². The highest BCUT2D eigenvalue weighted by Gasteiger charge is 1.94. The molecule has 0 saturated carbocycles. The molecule has 0 aromatic carbocycles. The normalized spacial score (nSPS) is 9.00. The van der Waals surface area contributed by atoms with Gasteiger partial charge in [-0.05, 0) is 6.42 Å². The summed E-state index contributed by atoms with van der Waals surface area (Å²) in [4.78, 5) is 10.4. The van der Waals surface area contributed by atoms with Crippen LogP contribution >= 0.6 is 0 Å². The Bertz CT molecular complexity index is 93.6. The van der Waals surface area contributed by atoms with Gasteiger partial charge < -0.3 is 10.1 Å². The van der Waals surface area contributed by atoms with E-state index in [0.29, 0.717) is 6.61 Å². The predicted octanol–water partition coefficient (Wildman–Crippen LogP) is 1.69. The van der Waals surface area contributed by atoms with Crippen LogP contribution in [0.2, 0.25) is 0 Å². The summed E-state index contributed by atoms with van der Waals surface area (Å²) in [6.07, 6.45) is 2.72. The van der Waals surface area contributed by atoms with Crippen LogP contribution in [0, 0.1) is 7.05 Å². The van der Waals surface area contributed by atoms with E-state index in [9.17, 15) is 4.79 Å². The third-order valence-corrected chi connectivity index (χ3v) is 1.13. The molecule has 0 unspecified atom stereocenters. The first kappa shape index (κ1) is 9.27. The Morgan fingerprint density at radius 2 is 2.30 bits per heavy atom. The van der Waals surface area contributed by atoms with Crippen molar-refractivity contribution in [3.05, 3.63) is 7.05 Å². The molecule has 0 rings (SSSR count). The summed E-state index contributed by atoms with van der Waals surface area (Å²) in [5.74, 6) is 0. The van der Waals surface area contributed by atoms with Gasteiger partial charge in [-0.1, -0.05) is 19.8 Å². The minimum absolute atomic E-state index is 0.448. The zero-order valence-corrected chi connectivity index (χ0v) is 6.35. The lowest BCUT2D eigenvalue weighted by atomic mass is 10.3. The third kappa shape index (κ3) is 5.41. The zero-order chi connectivity index (χ0) is 7.82. The van der Waals surface area contributed by atoms with Crippen LogP contribution < -0.4 is 5.32 Å². The fourth-order valence-electron chi connectivity index (χ4n) is 0.568. The van der Waals surface area contributed by atoms with Crippen LogP contribution in [0.5, 0.6) is 0 Å². The van der Waals surface area contributed by atoms with Crippen LogP contribution in [-0.4, -0.2) is 12.7 Å². The molecule has 0 spiro atoms. The number of carbonyl (C=O) groups excluding carboxylic acids is 1. The van der Waals surface area contributed by atoms with Gasteiger partial charge in [0.1, 0.15) is 0 Å². The second-order valence-electron chi connectivity index (χ2n) is 2.02. The van der Waals surface area contributed by atoms with Crippen LogP contribution in [0.3, 0.4) is 0 Å². The second kappa shape index (κ2) is 6.39. The van der Waals surface area contributed by atoms with E-state index in [0.717, 1.165) is 19.3 Å². The summed E-state index contributed by atoms with van der Waals surface area (Å²) in [7, 11) is 3.16. The number of ether oxygens (including phenoxy) is 1. The van der Waals surface area contributed by atoms with Crippen LogP contribution in [0.15, 0.2) is 0 Å². The lowest BCUT2D eigenvalue weighted by molar-refractivity contribution is 0.147. The quantitative estimate of drug-likeness (QED) is 0.610. The largest absolute Gasteiger partial charge is 0.450 e. The van der Waals surface area contributed by atoms with Crippen molar-refractivity contribution in [3.8, 4) is 0 Å². The minimum Gasteiger partial charge on any atom is -0.450 e.